The van der Waals surface area contributed by atoms with Crippen molar-refractivity contribution in [2.24, 2.45) is 0 Å². The number of hydrogen-bond acceptors (Lipinski definition) is 4. The van der Waals surface area contributed by atoms with E-state index < -0.39 is 10.0 Å². The number of aromatic amines is 1. The molecule has 1 aliphatic heterocycles. The lowest BCUT2D eigenvalue weighted by Crippen LogP contribution is -2.37. The Kier molecular flexibility index (Phi) is 5.89. The summed E-state index contributed by atoms with van der Waals surface area (Å²) in [6.45, 7) is 1.06. The zero-order chi connectivity index (χ0) is 17.0. The molecule has 0 bridgehead atoms. The molecule has 1 saturated carbocycles. The minimum absolute atomic E-state index is 0.181. The molecule has 24 heavy (non-hydrogen) atoms. The topological polar surface area (TPSA) is 82.3 Å². The van der Waals surface area contributed by atoms with E-state index in [4.69, 9.17) is 0 Å². The van der Waals surface area contributed by atoms with Crippen molar-refractivity contribution in [3.8, 4) is 0 Å². The Bertz CT molecular complexity index is 658. The zero-order valence-corrected chi connectivity index (χ0v) is 15.4. The second-order valence-corrected chi connectivity index (χ2v) is 9.59. The van der Waals surface area contributed by atoms with Gasteiger partial charge in [0.1, 0.15) is 10.6 Å². The Morgan fingerprint density at radius 1 is 1.17 bits per heavy atom. The molecule has 134 valence electrons. The Hall–Kier alpha value is -0.990. The van der Waals surface area contributed by atoms with Gasteiger partial charge < -0.3 is 10.3 Å². The number of rotatable bonds is 4. The molecular weight excluding hydrogens is 346 g/mol. The summed E-state index contributed by atoms with van der Waals surface area (Å²) in [6, 6.07) is 1.66. The lowest BCUT2D eigenvalue weighted by atomic mass is 10.1. The number of hydrogen-bond donors (Lipinski definition) is 2. The number of H-pyrrole nitrogens is 1. The molecule has 0 radical (unpaired) electrons. The van der Waals surface area contributed by atoms with Crippen LogP contribution < -0.4 is 5.32 Å². The van der Waals surface area contributed by atoms with Gasteiger partial charge in [-0.15, -0.1) is 0 Å². The van der Waals surface area contributed by atoms with Crippen LogP contribution in [0.2, 0.25) is 0 Å². The van der Waals surface area contributed by atoms with Gasteiger partial charge in [0.2, 0.25) is 10.0 Å². The van der Waals surface area contributed by atoms with Gasteiger partial charge in [0.15, 0.2) is 0 Å². The molecule has 1 aliphatic carbocycles. The summed E-state index contributed by atoms with van der Waals surface area (Å²) in [5, 5.41) is 3.04. The lowest BCUT2D eigenvalue weighted by molar-refractivity contribution is 0.0929. The monoisotopic (exact) mass is 371 g/mol. The van der Waals surface area contributed by atoms with Crippen LogP contribution in [-0.4, -0.2) is 54.3 Å². The number of aromatic nitrogens is 1. The first-order chi connectivity index (χ1) is 11.6. The molecule has 2 N–H and O–H groups in total. The summed E-state index contributed by atoms with van der Waals surface area (Å²) in [4.78, 5) is 15.4. The Morgan fingerprint density at radius 2 is 1.83 bits per heavy atom. The van der Waals surface area contributed by atoms with E-state index in [1.807, 2.05) is 0 Å². The third-order valence-corrected chi connectivity index (χ3v) is 7.52. The van der Waals surface area contributed by atoms with Crippen molar-refractivity contribution in [1.82, 2.24) is 14.6 Å². The SMILES string of the molecule is O=C(NC1CCCCCC1)c1cc(S(=O)(=O)N2CCSCC2)c[nH]1. The smallest absolute Gasteiger partial charge is 0.267 e. The van der Waals surface area contributed by atoms with Gasteiger partial charge in [-0.3, -0.25) is 4.79 Å². The van der Waals surface area contributed by atoms with Gasteiger partial charge in [0.25, 0.3) is 5.91 Å². The van der Waals surface area contributed by atoms with Crippen LogP contribution in [0.15, 0.2) is 17.2 Å². The minimum Gasteiger partial charge on any atom is -0.356 e. The third-order valence-electron chi connectivity index (χ3n) is 4.70. The Balaban J connectivity index is 1.66. The molecule has 1 aromatic heterocycles. The van der Waals surface area contributed by atoms with Crippen LogP contribution in [0.5, 0.6) is 0 Å². The van der Waals surface area contributed by atoms with Gasteiger partial charge in [-0.05, 0) is 18.9 Å². The molecule has 6 nitrogen and oxygen atoms in total. The highest BCUT2D eigenvalue weighted by molar-refractivity contribution is 7.99. The summed E-state index contributed by atoms with van der Waals surface area (Å²) in [5.74, 6) is 1.43. The van der Waals surface area contributed by atoms with Gasteiger partial charge in [-0.1, -0.05) is 25.7 Å². The van der Waals surface area contributed by atoms with E-state index in [1.54, 1.807) is 11.8 Å². The average molecular weight is 372 g/mol. The number of thioether (sulfide) groups is 1. The number of amides is 1. The van der Waals surface area contributed by atoms with Crippen molar-refractivity contribution in [3.05, 3.63) is 18.0 Å². The number of nitrogens with one attached hydrogen (secondary N) is 2. The summed E-state index contributed by atoms with van der Waals surface area (Å²) >= 11 is 1.76. The number of nitrogens with zero attached hydrogens (tertiary/aromatic N) is 1. The van der Waals surface area contributed by atoms with E-state index in [9.17, 15) is 13.2 Å². The molecule has 2 heterocycles. The molecule has 8 heteroatoms. The molecule has 2 aliphatic rings. The molecule has 0 unspecified atom stereocenters. The predicted molar refractivity (Wildman–Crippen MR) is 95.8 cm³/mol. The van der Waals surface area contributed by atoms with Crippen LogP contribution in [0.25, 0.3) is 0 Å². The molecule has 0 atom stereocenters. The Morgan fingerprint density at radius 3 is 2.50 bits per heavy atom. The van der Waals surface area contributed by atoms with Crippen molar-refractivity contribution in [2.75, 3.05) is 24.6 Å². The van der Waals surface area contributed by atoms with Gasteiger partial charge >= 0.3 is 0 Å². The van der Waals surface area contributed by atoms with E-state index in [1.165, 1.54) is 29.4 Å². The molecule has 0 aromatic carbocycles. The molecular formula is C16H25N3O3S2. The van der Waals surface area contributed by atoms with E-state index >= 15 is 0 Å². The van der Waals surface area contributed by atoms with Gasteiger partial charge in [-0.2, -0.15) is 16.1 Å². The van der Waals surface area contributed by atoms with E-state index in [-0.39, 0.29) is 16.8 Å². The van der Waals surface area contributed by atoms with Crippen LogP contribution >= 0.6 is 11.8 Å². The van der Waals surface area contributed by atoms with E-state index in [0.29, 0.717) is 18.8 Å². The number of sulfonamides is 1. The average Bonchev–Trinajstić information content (AvgIpc) is 2.97. The normalized spacial score (nSPS) is 21.3. The maximum absolute atomic E-state index is 12.6. The van der Waals surface area contributed by atoms with Gasteiger partial charge in [0, 0.05) is 36.8 Å². The summed E-state index contributed by atoms with van der Waals surface area (Å²) in [7, 11) is -3.50. The molecule has 1 amide bonds. The largest absolute Gasteiger partial charge is 0.356 e. The fourth-order valence-electron chi connectivity index (χ4n) is 3.28. The quantitative estimate of drug-likeness (QED) is 0.795. The molecule has 3 rings (SSSR count). The second kappa shape index (κ2) is 7.93. The summed E-state index contributed by atoms with van der Waals surface area (Å²) in [6.07, 6.45) is 8.17. The standard InChI is InChI=1S/C16H25N3O3S2/c20-16(18-13-5-3-1-2-4-6-13)15-11-14(12-17-15)24(21,22)19-7-9-23-10-8-19/h11-13,17H,1-10H2,(H,18,20). The van der Waals surface area contributed by atoms with Crippen LogP contribution in [0, 0.1) is 0 Å². The highest BCUT2D eigenvalue weighted by Crippen LogP contribution is 2.21. The zero-order valence-electron chi connectivity index (χ0n) is 13.8. The Labute approximate surface area is 147 Å². The maximum Gasteiger partial charge on any atom is 0.267 e. The summed E-state index contributed by atoms with van der Waals surface area (Å²) in [5.41, 5.74) is 0.323. The van der Waals surface area contributed by atoms with E-state index in [0.717, 1.165) is 37.2 Å². The lowest BCUT2D eigenvalue weighted by Gasteiger charge is -2.24. The van der Waals surface area contributed by atoms with Gasteiger partial charge in [-0.25, -0.2) is 8.42 Å². The third kappa shape index (κ3) is 4.15. The molecule has 1 aromatic rings. The van der Waals surface area contributed by atoms with Crippen LogP contribution in [0.1, 0.15) is 49.0 Å². The fourth-order valence-corrected chi connectivity index (χ4v) is 5.85. The predicted octanol–water partition coefficient (Wildman–Crippen LogP) is 2.20. The first-order valence-electron chi connectivity index (χ1n) is 8.64. The maximum atomic E-state index is 12.6. The first-order valence-corrected chi connectivity index (χ1v) is 11.2. The van der Waals surface area contributed by atoms with E-state index in [2.05, 4.69) is 10.3 Å². The van der Waals surface area contributed by atoms with Crippen molar-refractivity contribution >= 4 is 27.7 Å². The van der Waals surface area contributed by atoms with Gasteiger partial charge in [0.05, 0.1) is 0 Å². The number of carbonyl (C=O) groups excluding carboxylic acids is 1. The first kappa shape index (κ1) is 17.8. The highest BCUT2D eigenvalue weighted by Gasteiger charge is 2.28. The fraction of sp³-hybridized carbons (Fsp3) is 0.688. The second-order valence-electron chi connectivity index (χ2n) is 6.43. The molecule has 0 spiro atoms. The van der Waals surface area contributed by atoms with Crippen LogP contribution in [-0.2, 0) is 10.0 Å². The molecule has 1 saturated heterocycles. The highest BCUT2D eigenvalue weighted by atomic mass is 32.2. The van der Waals surface area contributed by atoms with Crippen molar-refractivity contribution in [1.29, 1.82) is 0 Å². The number of carbonyl (C=O) groups is 1. The van der Waals surface area contributed by atoms with Crippen LogP contribution in [0.4, 0.5) is 0 Å². The minimum atomic E-state index is -3.50. The van der Waals surface area contributed by atoms with Crippen molar-refractivity contribution in [2.45, 2.75) is 49.5 Å². The van der Waals surface area contributed by atoms with Crippen molar-refractivity contribution < 1.29 is 13.2 Å². The van der Waals surface area contributed by atoms with Crippen molar-refractivity contribution in [3.63, 3.8) is 0 Å². The molecule has 2 fully saturated rings. The summed E-state index contributed by atoms with van der Waals surface area (Å²) < 4.78 is 26.7. The van der Waals surface area contributed by atoms with Crippen LogP contribution in [0.3, 0.4) is 0 Å².